The maximum Gasteiger partial charge on any atom is 0.331 e. The molecular formula is C23H21Cl2N4O4P+2. The number of aldehydes is 1. The number of fused-ring (bicyclic) bond motifs is 1. The first-order chi connectivity index (χ1) is 16.2. The predicted octanol–water partition coefficient (Wildman–Crippen LogP) is 3.61. The van der Waals surface area contributed by atoms with Gasteiger partial charge in [-0.2, -0.15) is 0 Å². The lowest BCUT2D eigenvalue weighted by molar-refractivity contribution is -0.695. The van der Waals surface area contributed by atoms with Crippen LogP contribution in [0.1, 0.15) is 6.42 Å². The van der Waals surface area contributed by atoms with Crippen molar-refractivity contribution < 1.29 is 28.3 Å². The van der Waals surface area contributed by atoms with Crippen molar-refractivity contribution in [1.82, 2.24) is 9.97 Å². The molecule has 8 nitrogen and oxygen atoms in total. The molecule has 0 saturated carbocycles. The van der Waals surface area contributed by atoms with Gasteiger partial charge in [-0.3, -0.25) is 9.55 Å². The summed E-state index contributed by atoms with van der Waals surface area (Å²) >= 11 is 13.2. The molecule has 0 radical (unpaired) electrons. The molecule has 0 atom stereocenters. The SMILES string of the molecule is O=CCC[n+]1ccc(-c2cc3ncc(-c4cc[n+](CCP(=O)(O)O)cc4)nc3c(Cl)c2Cl)cc1. The topological polar surface area (TPSA) is 108 Å². The van der Waals surface area contributed by atoms with Crippen molar-refractivity contribution >= 4 is 48.1 Å². The van der Waals surface area contributed by atoms with E-state index in [2.05, 4.69) is 9.97 Å². The molecule has 0 bridgehead atoms. The molecule has 4 rings (SSSR count). The quantitative estimate of drug-likeness (QED) is 0.209. The number of carbonyl (C=O) groups excluding carboxylic acids is 1. The molecule has 3 aromatic heterocycles. The van der Waals surface area contributed by atoms with Gasteiger partial charge in [0, 0.05) is 35.4 Å². The van der Waals surface area contributed by atoms with Crippen LogP contribution in [0.2, 0.25) is 10.0 Å². The summed E-state index contributed by atoms with van der Waals surface area (Å²) in [4.78, 5) is 37.8. The molecule has 0 spiro atoms. The minimum absolute atomic E-state index is 0.203. The van der Waals surface area contributed by atoms with E-state index in [0.717, 1.165) is 23.0 Å². The molecule has 0 aliphatic heterocycles. The summed E-state index contributed by atoms with van der Waals surface area (Å²) < 4.78 is 14.7. The Labute approximate surface area is 205 Å². The van der Waals surface area contributed by atoms with Crippen molar-refractivity contribution in [2.45, 2.75) is 19.5 Å². The average Bonchev–Trinajstić information content (AvgIpc) is 2.84. The molecule has 0 fully saturated rings. The second-order valence-electron chi connectivity index (χ2n) is 7.67. The van der Waals surface area contributed by atoms with Gasteiger partial charge < -0.3 is 14.6 Å². The third-order valence-electron chi connectivity index (χ3n) is 5.26. The number of benzene rings is 1. The van der Waals surface area contributed by atoms with Crippen molar-refractivity contribution in [1.29, 1.82) is 0 Å². The van der Waals surface area contributed by atoms with E-state index in [-0.39, 0.29) is 12.7 Å². The molecule has 0 amide bonds. The van der Waals surface area contributed by atoms with Gasteiger partial charge in [0.2, 0.25) is 0 Å². The van der Waals surface area contributed by atoms with Crippen LogP contribution in [0, 0.1) is 0 Å². The number of pyridine rings is 2. The Balaban J connectivity index is 1.63. The van der Waals surface area contributed by atoms with Gasteiger partial charge in [0.05, 0.1) is 33.9 Å². The summed E-state index contributed by atoms with van der Waals surface area (Å²) in [5.41, 5.74) is 4.04. The van der Waals surface area contributed by atoms with Crippen molar-refractivity contribution in [3.63, 3.8) is 0 Å². The molecule has 0 aliphatic rings. The normalized spacial score (nSPS) is 11.6. The van der Waals surface area contributed by atoms with Gasteiger partial charge in [-0.25, -0.2) is 14.1 Å². The van der Waals surface area contributed by atoms with Gasteiger partial charge in [-0.1, -0.05) is 23.2 Å². The smallest absolute Gasteiger partial charge is 0.324 e. The van der Waals surface area contributed by atoms with E-state index in [1.165, 1.54) is 0 Å². The van der Waals surface area contributed by atoms with Crippen LogP contribution in [0.5, 0.6) is 0 Å². The minimum atomic E-state index is -4.06. The lowest BCUT2D eigenvalue weighted by Gasteiger charge is -2.10. The number of hydrogen-bond donors (Lipinski definition) is 2. The number of aromatic nitrogens is 4. The molecule has 0 aliphatic carbocycles. The monoisotopic (exact) mass is 518 g/mol. The van der Waals surface area contributed by atoms with E-state index in [1.54, 1.807) is 35.3 Å². The van der Waals surface area contributed by atoms with Crippen LogP contribution in [0.4, 0.5) is 0 Å². The summed E-state index contributed by atoms with van der Waals surface area (Å²) in [5.74, 6) is 0. The maximum atomic E-state index is 11.1. The Hall–Kier alpha value is -2.74. The highest BCUT2D eigenvalue weighted by Crippen LogP contribution is 2.38. The molecule has 0 unspecified atom stereocenters. The first-order valence-electron chi connectivity index (χ1n) is 10.4. The zero-order valence-electron chi connectivity index (χ0n) is 17.9. The van der Waals surface area contributed by atoms with Crippen LogP contribution >= 0.6 is 30.8 Å². The Kier molecular flexibility index (Phi) is 7.36. The van der Waals surface area contributed by atoms with Gasteiger partial charge in [-0.05, 0) is 11.6 Å². The zero-order chi connectivity index (χ0) is 24.3. The van der Waals surface area contributed by atoms with Crippen LogP contribution in [0.25, 0.3) is 33.4 Å². The van der Waals surface area contributed by atoms with E-state index in [9.17, 15) is 9.36 Å². The Morgan fingerprint density at radius 1 is 0.941 bits per heavy atom. The van der Waals surface area contributed by atoms with E-state index < -0.39 is 7.60 Å². The Morgan fingerprint density at radius 3 is 2.18 bits per heavy atom. The summed E-state index contributed by atoms with van der Waals surface area (Å²) in [6.45, 7) is 0.808. The van der Waals surface area contributed by atoms with Gasteiger partial charge in [0.25, 0.3) is 0 Å². The average molecular weight is 519 g/mol. The molecular weight excluding hydrogens is 498 g/mol. The predicted molar refractivity (Wildman–Crippen MR) is 128 cm³/mol. The second kappa shape index (κ2) is 10.3. The summed E-state index contributed by atoms with van der Waals surface area (Å²) in [6.07, 6.45) is 9.95. The standard InChI is InChI=1S/C23H19Cl2N4O4P/c24-21-18(16-2-7-28(8-3-16)6-1-12-30)14-19-23(22(21)25)27-20(15-26-19)17-4-9-29(10-5-17)11-13-34(31,32)33/h2-5,7-10,12,14-15H,1,6,11,13H2/p+2. The van der Waals surface area contributed by atoms with Crippen molar-refractivity contribution in [2.24, 2.45) is 0 Å². The number of halogens is 2. The van der Waals surface area contributed by atoms with Crippen LogP contribution in [0.15, 0.2) is 61.3 Å². The largest absolute Gasteiger partial charge is 0.331 e. The fourth-order valence-electron chi connectivity index (χ4n) is 3.45. The number of aryl methyl sites for hydroxylation is 2. The molecule has 34 heavy (non-hydrogen) atoms. The van der Waals surface area contributed by atoms with E-state index in [0.29, 0.717) is 39.7 Å². The number of rotatable bonds is 8. The molecule has 3 heterocycles. The summed E-state index contributed by atoms with van der Waals surface area (Å²) in [7, 11) is -4.06. The number of carbonyl (C=O) groups is 1. The first kappa shape index (κ1) is 24.4. The number of nitrogens with zero attached hydrogens (tertiary/aromatic N) is 4. The van der Waals surface area contributed by atoms with E-state index in [1.807, 2.05) is 35.2 Å². The van der Waals surface area contributed by atoms with Gasteiger partial charge in [-0.15, -0.1) is 0 Å². The van der Waals surface area contributed by atoms with Crippen molar-refractivity contribution in [2.75, 3.05) is 6.16 Å². The molecule has 11 heteroatoms. The van der Waals surface area contributed by atoms with Crippen LogP contribution < -0.4 is 9.13 Å². The highest BCUT2D eigenvalue weighted by molar-refractivity contribution is 7.51. The van der Waals surface area contributed by atoms with Crippen LogP contribution in [-0.4, -0.2) is 32.2 Å². The second-order valence-corrected chi connectivity index (χ2v) is 10.2. The van der Waals surface area contributed by atoms with Crippen molar-refractivity contribution in [3.8, 4) is 22.4 Å². The minimum Gasteiger partial charge on any atom is -0.324 e. The number of hydrogen-bond acceptors (Lipinski definition) is 4. The molecule has 4 aromatic rings. The Morgan fingerprint density at radius 2 is 1.56 bits per heavy atom. The van der Waals surface area contributed by atoms with Crippen LogP contribution in [0.3, 0.4) is 0 Å². The van der Waals surface area contributed by atoms with Gasteiger partial charge in [0.15, 0.2) is 37.9 Å². The molecule has 0 saturated heterocycles. The highest BCUT2D eigenvalue weighted by atomic mass is 35.5. The molecule has 1 aromatic carbocycles. The zero-order valence-corrected chi connectivity index (χ0v) is 20.3. The fourth-order valence-corrected chi connectivity index (χ4v) is 4.43. The summed E-state index contributed by atoms with van der Waals surface area (Å²) in [5, 5.41) is 0.670. The molecule has 174 valence electrons. The maximum absolute atomic E-state index is 11.1. The van der Waals surface area contributed by atoms with Gasteiger partial charge in [0.1, 0.15) is 18.0 Å². The third-order valence-corrected chi connectivity index (χ3v) is 6.90. The highest BCUT2D eigenvalue weighted by Gasteiger charge is 2.18. The van der Waals surface area contributed by atoms with Gasteiger partial charge >= 0.3 is 7.60 Å². The molecule has 2 N–H and O–H groups in total. The fraction of sp³-hybridized carbons (Fsp3) is 0.174. The van der Waals surface area contributed by atoms with Crippen molar-refractivity contribution in [3.05, 3.63) is 71.4 Å². The van der Waals surface area contributed by atoms with E-state index >= 15 is 0 Å². The lowest BCUT2D eigenvalue weighted by Crippen LogP contribution is -2.34. The summed E-state index contributed by atoms with van der Waals surface area (Å²) in [6, 6.07) is 9.24. The van der Waals surface area contributed by atoms with Crippen LogP contribution in [-0.2, 0) is 22.4 Å². The lowest BCUT2D eigenvalue weighted by atomic mass is 10.1. The van der Waals surface area contributed by atoms with E-state index in [4.69, 9.17) is 33.0 Å². The first-order valence-corrected chi connectivity index (χ1v) is 12.9. The Bertz CT molecular complexity index is 1390. The third kappa shape index (κ3) is 5.66.